The average molecular weight is 723 g/mol. The number of anilines is 1. The minimum atomic E-state index is -4.10. The summed E-state index contributed by atoms with van der Waals surface area (Å²) in [5, 5.41) is 0. The van der Waals surface area contributed by atoms with E-state index in [-0.39, 0.29) is 28.1 Å². The number of ether oxygens (including phenoxy) is 1. The molecule has 0 N–H and O–H groups in total. The van der Waals surface area contributed by atoms with Gasteiger partial charge in [0.15, 0.2) is 0 Å². The van der Waals surface area contributed by atoms with Crippen LogP contribution in [0.2, 0.25) is 0 Å². The number of aryl methyl sites for hydroxylation is 1. The highest BCUT2D eigenvalue weighted by molar-refractivity contribution is 7.92. The molecule has 0 amide bonds. The van der Waals surface area contributed by atoms with Crippen LogP contribution in [0, 0.1) is 11.7 Å². The minimum Gasteiger partial charge on any atom is -0.497 e. The number of halogens is 1. The first kappa shape index (κ1) is 36.7. The van der Waals surface area contributed by atoms with E-state index in [1.165, 1.54) is 72.0 Å². The summed E-state index contributed by atoms with van der Waals surface area (Å²) in [6.45, 7) is 8.45. The third kappa shape index (κ3) is 8.11. The first-order valence-corrected chi connectivity index (χ1v) is 20.8. The molecule has 4 aromatic rings. The number of sulfonamides is 1. The number of fused-ring (bicyclic) bond motifs is 1. The van der Waals surface area contributed by atoms with Gasteiger partial charge in [-0.2, -0.15) is 0 Å². The van der Waals surface area contributed by atoms with Crippen molar-refractivity contribution in [3.05, 3.63) is 124 Å². The van der Waals surface area contributed by atoms with Crippen molar-refractivity contribution >= 4 is 15.7 Å². The molecule has 0 bridgehead atoms. The fourth-order valence-electron chi connectivity index (χ4n) is 8.47. The van der Waals surface area contributed by atoms with Crippen LogP contribution >= 0.6 is 0 Å². The molecular formula is C45H55FN2O3S. The molecule has 7 heteroatoms. The van der Waals surface area contributed by atoms with Gasteiger partial charge in [-0.1, -0.05) is 101 Å². The molecule has 1 heterocycles. The van der Waals surface area contributed by atoms with Crippen molar-refractivity contribution < 1.29 is 17.5 Å². The Balaban J connectivity index is 1.10. The fourth-order valence-corrected chi connectivity index (χ4v) is 9.98. The van der Waals surface area contributed by atoms with Crippen molar-refractivity contribution in [2.45, 2.75) is 120 Å². The van der Waals surface area contributed by atoms with Crippen LogP contribution in [0.1, 0.15) is 106 Å². The lowest BCUT2D eigenvalue weighted by atomic mass is 9.86. The molecule has 2 aliphatic carbocycles. The van der Waals surface area contributed by atoms with Crippen LogP contribution in [0.3, 0.4) is 0 Å². The fraction of sp³-hybridized carbons (Fsp3) is 0.467. The third-order valence-corrected chi connectivity index (χ3v) is 13.7. The van der Waals surface area contributed by atoms with Crippen LogP contribution in [0.25, 0.3) is 0 Å². The summed E-state index contributed by atoms with van der Waals surface area (Å²) in [6.07, 6.45) is 12.4. The van der Waals surface area contributed by atoms with E-state index < -0.39 is 15.8 Å². The van der Waals surface area contributed by atoms with Crippen LogP contribution in [-0.2, 0) is 47.8 Å². The van der Waals surface area contributed by atoms with Crippen molar-refractivity contribution in [1.29, 1.82) is 0 Å². The second kappa shape index (κ2) is 15.0. The maximum atomic E-state index is 16.0. The van der Waals surface area contributed by atoms with Gasteiger partial charge in [0, 0.05) is 18.6 Å². The van der Waals surface area contributed by atoms with E-state index in [0.29, 0.717) is 5.75 Å². The lowest BCUT2D eigenvalue weighted by Gasteiger charge is -2.36. The SMILES string of the molecule is COc1ccc(CN(c2ccc(CCCC3CCCC3)cc2F)S(=O)(=O)c2ccc3c(c2)CCN(C2(Cc4ccc(C(C)(C)C)cc4)CC2)C3)cc1. The van der Waals surface area contributed by atoms with Gasteiger partial charge in [-0.25, -0.2) is 12.8 Å². The zero-order chi connectivity index (χ0) is 36.5. The molecule has 52 heavy (non-hydrogen) atoms. The van der Waals surface area contributed by atoms with Gasteiger partial charge in [-0.3, -0.25) is 9.21 Å². The van der Waals surface area contributed by atoms with Gasteiger partial charge >= 0.3 is 0 Å². The predicted molar refractivity (Wildman–Crippen MR) is 209 cm³/mol. The molecular weight excluding hydrogens is 668 g/mol. The summed E-state index contributed by atoms with van der Waals surface area (Å²) in [4.78, 5) is 2.82. The summed E-state index contributed by atoms with van der Waals surface area (Å²) in [6, 6.07) is 27.1. The zero-order valence-electron chi connectivity index (χ0n) is 31.5. The van der Waals surface area contributed by atoms with Gasteiger partial charge < -0.3 is 4.74 Å². The van der Waals surface area contributed by atoms with Crippen LogP contribution in [0.5, 0.6) is 5.75 Å². The molecule has 5 nitrogen and oxygen atoms in total. The van der Waals surface area contributed by atoms with E-state index in [9.17, 15) is 8.42 Å². The Morgan fingerprint density at radius 1 is 0.865 bits per heavy atom. The van der Waals surface area contributed by atoms with E-state index in [4.69, 9.17) is 4.74 Å². The lowest BCUT2D eigenvalue weighted by molar-refractivity contribution is 0.158. The van der Waals surface area contributed by atoms with E-state index in [0.717, 1.165) is 61.4 Å². The third-order valence-electron chi connectivity index (χ3n) is 11.9. The Labute approximate surface area is 311 Å². The molecule has 2 fully saturated rings. The number of hydrogen-bond acceptors (Lipinski definition) is 4. The Bertz CT molecular complexity index is 1960. The van der Waals surface area contributed by atoms with Crippen molar-refractivity contribution in [2.24, 2.45) is 5.92 Å². The minimum absolute atomic E-state index is 0.00832. The van der Waals surface area contributed by atoms with E-state index in [2.05, 4.69) is 49.9 Å². The summed E-state index contributed by atoms with van der Waals surface area (Å²) < 4.78 is 51.7. The Kier molecular flexibility index (Phi) is 10.6. The van der Waals surface area contributed by atoms with E-state index >= 15 is 4.39 Å². The summed E-state index contributed by atoms with van der Waals surface area (Å²) >= 11 is 0. The van der Waals surface area contributed by atoms with Gasteiger partial charge in [-0.15, -0.1) is 0 Å². The molecule has 4 aromatic carbocycles. The maximum Gasteiger partial charge on any atom is 0.264 e. The number of benzene rings is 4. The molecule has 0 radical (unpaired) electrons. The first-order chi connectivity index (χ1) is 24.9. The Hall–Kier alpha value is -3.68. The largest absolute Gasteiger partial charge is 0.497 e. The molecule has 0 atom stereocenters. The summed E-state index contributed by atoms with van der Waals surface area (Å²) in [5.74, 6) is 0.966. The number of hydrogen-bond donors (Lipinski definition) is 0. The predicted octanol–water partition coefficient (Wildman–Crippen LogP) is 10.2. The molecule has 0 unspecified atom stereocenters. The molecule has 0 aromatic heterocycles. The van der Waals surface area contributed by atoms with Gasteiger partial charge in [0.25, 0.3) is 10.0 Å². The topological polar surface area (TPSA) is 49.9 Å². The first-order valence-electron chi connectivity index (χ1n) is 19.3. The molecule has 1 aliphatic heterocycles. The molecule has 3 aliphatic rings. The van der Waals surface area contributed by atoms with Crippen LogP contribution in [0.4, 0.5) is 10.1 Å². The smallest absolute Gasteiger partial charge is 0.264 e. The van der Waals surface area contributed by atoms with Crippen LogP contribution in [-0.4, -0.2) is 32.5 Å². The van der Waals surface area contributed by atoms with E-state index in [1.807, 2.05) is 42.5 Å². The van der Waals surface area contributed by atoms with Gasteiger partial charge in [0.1, 0.15) is 11.6 Å². The Morgan fingerprint density at radius 2 is 1.56 bits per heavy atom. The molecule has 0 saturated heterocycles. The number of methoxy groups -OCH3 is 1. The van der Waals surface area contributed by atoms with Crippen LogP contribution in [0.15, 0.2) is 89.8 Å². The lowest BCUT2D eigenvalue weighted by Crippen LogP contribution is -2.42. The standard InChI is InChI=1S/C45H55FN2O3S/c1-44(2,3)39-18-12-35(13-19-39)30-45(25-26-45)47-27-24-37-29-41(22-17-38(37)32-47)52(49,50)48(31-36-14-20-40(51-4)21-15-36)43-23-16-34(28-42(43)46)11-7-10-33-8-5-6-9-33/h12-23,28-29,33H,5-11,24-27,30-32H2,1-4H3. The van der Waals surface area contributed by atoms with Crippen molar-refractivity contribution in [1.82, 2.24) is 4.90 Å². The highest BCUT2D eigenvalue weighted by Gasteiger charge is 2.48. The van der Waals surface area contributed by atoms with Crippen molar-refractivity contribution in [3.63, 3.8) is 0 Å². The monoisotopic (exact) mass is 722 g/mol. The second-order valence-corrected chi connectivity index (χ2v) is 18.5. The average Bonchev–Trinajstić information content (AvgIpc) is 3.73. The molecule has 2 saturated carbocycles. The summed E-state index contributed by atoms with van der Waals surface area (Å²) in [7, 11) is -2.50. The Morgan fingerprint density at radius 3 is 2.21 bits per heavy atom. The van der Waals surface area contributed by atoms with Gasteiger partial charge in [0.2, 0.25) is 0 Å². The summed E-state index contributed by atoms with van der Waals surface area (Å²) in [5.41, 5.74) is 7.00. The zero-order valence-corrected chi connectivity index (χ0v) is 32.3. The molecule has 7 rings (SSSR count). The van der Waals surface area contributed by atoms with E-state index in [1.54, 1.807) is 19.2 Å². The number of rotatable bonds is 13. The van der Waals surface area contributed by atoms with Crippen molar-refractivity contribution in [2.75, 3.05) is 18.0 Å². The van der Waals surface area contributed by atoms with Crippen molar-refractivity contribution in [3.8, 4) is 5.75 Å². The quantitative estimate of drug-likeness (QED) is 0.138. The highest BCUT2D eigenvalue weighted by Crippen LogP contribution is 2.47. The normalized spacial score (nSPS) is 17.6. The van der Waals surface area contributed by atoms with Crippen LogP contribution < -0.4 is 9.04 Å². The maximum absolute atomic E-state index is 16.0. The molecule has 0 spiro atoms. The highest BCUT2D eigenvalue weighted by atomic mass is 32.2. The van der Waals surface area contributed by atoms with Gasteiger partial charge in [0.05, 0.1) is 24.2 Å². The number of nitrogens with zero attached hydrogens (tertiary/aromatic N) is 2. The molecule has 276 valence electrons. The second-order valence-electron chi connectivity index (χ2n) is 16.6. The van der Waals surface area contributed by atoms with Gasteiger partial charge in [-0.05, 0) is 120 Å².